The van der Waals surface area contributed by atoms with Crippen molar-refractivity contribution in [2.45, 2.75) is 37.2 Å². The zero-order valence-corrected chi connectivity index (χ0v) is 17.3. The summed E-state index contributed by atoms with van der Waals surface area (Å²) in [7, 11) is 2.03. The lowest BCUT2D eigenvalue weighted by atomic mass is 9.95. The van der Waals surface area contributed by atoms with Gasteiger partial charge in [-0.2, -0.15) is 0 Å². The van der Waals surface area contributed by atoms with Crippen molar-refractivity contribution in [2.75, 3.05) is 18.0 Å². The molecule has 0 spiro atoms. The van der Waals surface area contributed by atoms with Crippen LogP contribution in [0.15, 0.2) is 48.5 Å². The van der Waals surface area contributed by atoms with E-state index in [0.29, 0.717) is 5.02 Å². The molecule has 1 saturated carbocycles. The molecule has 0 radical (unpaired) electrons. The van der Waals surface area contributed by atoms with Crippen molar-refractivity contribution in [3.63, 3.8) is 0 Å². The van der Waals surface area contributed by atoms with Gasteiger partial charge in [-0.05, 0) is 49.4 Å². The van der Waals surface area contributed by atoms with Gasteiger partial charge in [0, 0.05) is 31.4 Å². The van der Waals surface area contributed by atoms with E-state index in [1.807, 2.05) is 25.2 Å². The fourth-order valence-corrected chi connectivity index (χ4v) is 4.77. The van der Waals surface area contributed by atoms with Crippen molar-refractivity contribution in [1.82, 2.24) is 14.8 Å². The lowest BCUT2D eigenvalue weighted by Crippen LogP contribution is -2.35. The van der Waals surface area contributed by atoms with E-state index in [1.165, 1.54) is 5.56 Å². The van der Waals surface area contributed by atoms with Gasteiger partial charge in [-0.25, -0.2) is 0 Å². The average molecular weight is 409 g/mol. The van der Waals surface area contributed by atoms with Gasteiger partial charge in [0.15, 0.2) is 5.82 Å². The van der Waals surface area contributed by atoms with Gasteiger partial charge in [0.1, 0.15) is 5.82 Å². The summed E-state index contributed by atoms with van der Waals surface area (Å²) in [5, 5.41) is 19.5. The smallest absolute Gasteiger partial charge is 0.165 e. The Labute approximate surface area is 176 Å². The fraction of sp³-hybridized carbons (Fsp3) is 0.391. The van der Waals surface area contributed by atoms with Gasteiger partial charge in [0.25, 0.3) is 0 Å². The summed E-state index contributed by atoms with van der Waals surface area (Å²) in [6.07, 6.45) is 3.60. The van der Waals surface area contributed by atoms with Crippen LogP contribution in [0.25, 0.3) is 11.4 Å². The minimum atomic E-state index is -0.183. The van der Waals surface area contributed by atoms with Gasteiger partial charge in [-0.3, -0.25) is 0 Å². The van der Waals surface area contributed by atoms with E-state index < -0.39 is 0 Å². The lowest BCUT2D eigenvalue weighted by Gasteiger charge is -2.31. The number of anilines is 1. The maximum absolute atomic E-state index is 9.74. The third kappa shape index (κ3) is 3.22. The van der Waals surface area contributed by atoms with Crippen molar-refractivity contribution in [2.24, 2.45) is 7.05 Å². The molecule has 0 bridgehead atoms. The van der Waals surface area contributed by atoms with Gasteiger partial charge in [0.05, 0.1) is 16.5 Å². The molecule has 3 aromatic rings. The third-order valence-electron chi connectivity index (χ3n) is 6.40. The number of benzene rings is 2. The molecule has 1 aliphatic carbocycles. The number of piperidine rings is 1. The average Bonchev–Trinajstić information content (AvgIpc) is 3.46. The minimum absolute atomic E-state index is 0.0255. The van der Waals surface area contributed by atoms with Crippen LogP contribution >= 0.6 is 11.6 Å². The Morgan fingerprint density at radius 3 is 2.41 bits per heavy atom. The first kappa shape index (κ1) is 18.6. The predicted molar refractivity (Wildman–Crippen MR) is 115 cm³/mol. The normalized spacial score (nSPS) is 18.8. The quantitative estimate of drug-likeness (QED) is 0.703. The van der Waals surface area contributed by atoms with Crippen molar-refractivity contribution < 1.29 is 5.11 Å². The van der Waals surface area contributed by atoms with E-state index in [0.717, 1.165) is 61.7 Å². The standard InChI is InChI=1S/C23H25ClN4O/c1-27-21(25-26-22(27)23(11-12-23)16-5-3-2-4-6-16)19-8-7-17(15-20(19)24)28-13-9-18(29)10-14-28/h2-8,15,18,29H,9-14H2,1H3. The number of hydrogen-bond acceptors (Lipinski definition) is 4. The van der Waals surface area contributed by atoms with Crippen molar-refractivity contribution in [1.29, 1.82) is 0 Å². The van der Waals surface area contributed by atoms with Crippen molar-refractivity contribution in [3.8, 4) is 11.4 Å². The van der Waals surface area contributed by atoms with E-state index in [1.54, 1.807) is 0 Å². The second kappa shape index (κ2) is 7.15. The van der Waals surface area contributed by atoms with E-state index in [9.17, 15) is 5.11 Å². The second-order valence-electron chi connectivity index (χ2n) is 8.24. The summed E-state index contributed by atoms with van der Waals surface area (Å²) in [6, 6.07) is 16.7. The summed E-state index contributed by atoms with van der Waals surface area (Å²) in [5.74, 6) is 1.80. The van der Waals surface area contributed by atoms with Gasteiger partial charge in [-0.15, -0.1) is 10.2 Å². The summed E-state index contributed by atoms with van der Waals surface area (Å²) >= 11 is 6.68. The topological polar surface area (TPSA) is 54.2 Å². The molecule has 0 atom stereocenters. The Kier molecular flexibility index (Phi) is 4.60. The Bertz CT molecular complexity index is 1020. The monoisotopic (exact) mass is 408 g/mol. The Morgan fingerprint density at radius 2 is 1.76 bits per heavy atom. The van der Waals surface area contributed by atoms with Gasteiger partial charge in [0.2, 0.25) is 0 Å². The SMILES string of the molecule is Cn1c(-c2ccc(N3CCC(O)CC3)cc2Cl)nnc1C1(c2ccccc2)CC1. The number of aliphatic hydroxyl groups is 1. The first-order chi connectivity index (χ1) is 14.1. The van der Waals surface area contributed by atoms with Gasteiger partial charge >= 0.3 is 0 Å². The molecule has 2 fully saturated rings. The lowest BCUT2D eigenvalue weighted by molar-refractivity contribution is 0.145. The number of aromatic nitrogens is 3. The molecular formula is C23H25ClN4O. The molecule has 1 aromatic heterocycles. The highest BCUT2D eigenvalue weighted by Gasteiger charge is 2.49. The maximum atomic E-state index is 9.74. The molecule has 150 valence electrons. The van der Waals surface area contributed by atoms with Gasteiger partial charge < -0.3 is 14.6 Å². The summed E-state index contributed by atoms with van der Waals surface area (Å²) < 4.78 is 2.10. The van der Waals surface area contributed by atoms with E-state index in [2.05, 4.69) is 50.0 Å². The van der Waals surface area contributed by atoms with Crippen LogP contribution in [0, 0.1) is 0 Å². The second-order valence-corrected chi connectivity index (χ2v) is 8.64. The van der Waals surface area contributed by atoms with Crippen molar-refractivity contribution >= 4 is 17.3 Å². The minimum Gasteiger partial charge on any atom is -0.393 e. The number of rotatable bonds is 4. The summed E-state index contributed by atoms with van der Waals surface area (Å²) in [4.78, 5) is 2.28. The zero-order valence-electron chi connectivity index (χ0n) is 16.6. The van der Waals surface area contributed by atoms with Crippen LogP contribution in [0.4, 0.5) is 5.69 Å². The van der Waals surface area contributed by atoms with E-state index >= 15 is 0 Å². The molecule has 6 heteroatoms. The molecule has 5 nitrogen and oxygen atoms in total. The zero-order chi connectivity index (χ0) is 20.0. The van der Waals surface area contributed by atoms with E-state index in [4.69, 9.17) is 11.6 Å². The molecule has 29 heavy (non-hydrogen) atoms. The van der Waals surface area contributed by atoms with Crippen LogP contribution in [0.1, 0.15) is 37.1 Å². The molecule has 2 aliphatic rings. The maximum Gasteiger partial charge on any atom is 0.165 e. The van der Waals surface area contributed by atoms with Crippen LogP contribution in [0.5, 0.6) is 0 Å². The Morgan fingerprint density at radius 1 is 1.03 bits per heavy atom. The predicted octanol–water partition coefficient (Wildman–Crippen LogP) is 4.18. The molecule has 0 amide bonds. The first-order valence-corrected chi connectivity index (χ1v) is 10.6. The van der Waals surface area contributed by atoms with Crippen LogP contribution in [-0.2, 0) is 12.5 Å². The number of halogens is 1. The summed E-state index contributed by atoms with van der Waals surface area (Å²) in [5.41, 5.74) is 3.27. The van der Waals surface area contributed by atoms with Crippen LogP contribution in [0.3, 0.4) is 0 Å². The molecule has 0 unspecified atom stereocenters. The van der Waals surface area contributed by atoms with Crippen molar-refractivity contribution in [3.05, 3.63) is 64.9 Å². The molecule has 1 N–H and O–H groups in total. The molecule has 1 saturated heterocycles. The number of aliphatic hydroxyl groups excluding tert-OH is 1. The number of nitrogens with zero attached hydrogens (tertiary/aromatic N) is 4. The van der Waals surface area contributed by atoms with E-state index in [-0.39, 0.29) is 11.5 Å². The first-order valence-electron chi connectivity index (χ1n) is 10.3. The molecule has 1 aliphatic heterocycles. The van der Waals surface area contributed by atoms with Gasteiger partial charge in [-0.1, -0.05) is 41.9 Å². The highest BCUT2D eigenvalue weighted by molar-refractivity contribution is 6.33. The molecular weight excluding hydrogens is 384 g/mol. The third-order valence-corrected chi connectivity index (χ3v) is 6.72. The number of hydrogen-bond donors (Lipinski definition) is 1. The highest BCUT2D eigenvalue weighted by atomic mass is 35.5. The van der Waals surface area contributed by atoms with Crippen LogP contribution in [0.2, 0.25) is 5.02 Å². The van der Waals surface area contributed by atoms with Crippen LogP contribution < -0.4 is 4.90 Å². The molecule has 5 rings (SSSR count). The largest absolute Gasteiger partial charge is 0.393 e. The summed E-state index contributed by atoms with van der Waals surface area (Å²) in [6.45, 7) is 1.70. The van der Waals surface area contributed by atoms with Crippen LogP contribution in [-0.4, -0.2) is 39.1 Å². The molecule has 2 heterocycles. The molecule has 2 aromatic carbocycles. The Balaban J connectivity index is 1.45. The Hall–Kier alpha value is -2.37. The highest BCUT2D eigenvalue weighted by Crippen LogP contribution is 2.53. The fourth-order valence-electron chi connectivity index (χ4n) is 4.51.